The molecule has 0 bridgehead atoms. The Balaban J connectivity index is 1.95. The average molecular weight is 298 g/mol. The second kappa shape index (κ2) is 7.54. The molecule has 22 heavy (non-hydrogen) atoms. The molecule has 2 rings (SSSR count). The monoisotopic (exact) mass is 298 g/mol. The highest BCUT2D eigenvalue weighted by atomic mass is 16.1. The van der Waals surface area contributed by atoms with Crippen LogP contribution in [0.1, 0.15) is 36.3 Å². The van der Waals surface area contributed by atoms with Gasteiger partial charge in [0.2, 0.25) is 0 Å². The molecule has 0 aliphatic heterocycles. The Bertz CT molecular complexity index is 623. The van der Waals surface area contributed by atoms with Crippen LogP contribution in [0.15, 0.2) is 36.4 Å². The highest BCUT2D eigenvalue weighted by molar-refractivity contribution is 6.03. The fraction of sp³-hybridized carbons (Fsp3) is 0.353. The summed E-state index contributed by atoms with van der Waals surface area (Å²) in [5.74, 6) is 1.07. The molecule has 1 aromatic carbocycles. The van der Waals surface area contributed by atoms with Gasteiger partial charge in [0.05, 0.1) is 0 Å². The molecule has 0 saturated heterocycles. The predicted octanol–water partition coefficient (Wildman–Crippen LogP) is 3.50. The molecule has 116 valence electrons. The molecule has 0 saturated carbocycles. The van der Waals surface area contributed by atoms with Gasteiger partial charge in [-0.2, -0.15) is 0 Å². The fourth-order valence-electron chi connectivity index (χ4n) is 1.94. The number of anilines is 2. The first-order valence-corrected chi connectivity index (χ1v) is 7.51. The summed E-state index contributed by atoms with van der Waals surface area (Å²) in [6, 6.07) is 11.1. The Kier molecular flexibility index (Phi) is 5.47. The van der Waals surface area contributed by atoms with Crippen molar-refractivity contribution in [3.63, 3.8) is 0 Å². The maximum absolute atomic E-state index is 12.1. The quantitative estimate of drug-likeness (QED) is 0.856. The molecular weight excluding hydrogens is 276 g/mol. The minimum absolute atomic E-state index is 0.254. The van der Waals surface area contributed by atoms with Crippen LogP contribution in [0.2, 0.25) is 0 Å². The van der Waals surface area contributed by atoms with Crippen LogP contribution in [0, 0.1) is 12.8 Å². The van der Waals surface area contributed by atoms with Crippen LogP contribution in [0.4, 0.5) is 11.5 Å². The molecule has 1 aromatic heterocycles. The minimum Gasteiger partial charge on any atom is -0.369 e. The fourth-order valence-corrected chi connectivity index (χ4v) is 1.94. The van der Waals surface area contributed by atoms with Gasteiger partial charge in [-0.05, 0) is 43.0 Å². The Labute approximate surface area is 131 Å². The first kappa shape index (κ1) is 15.9. The molecule has 0 spiro atoms. The maximum Gasteiger partial charge on any atom is 0.276 e. The number of rotatable bonds is 6. The Hall–Kier alpha value is -2.43. The summed E-state index contributed by atoms with van der Waals surface area (Å²) in [5, 5.41) is 14.1. The molecule has 1 amide bonds. The van der Waals surface area contributed by atoms with E-state index in [0.29, 0.717) is 17.4 Å². The van der Waals surface area contributed by atoms with Gasteiger partial charge in [0.15, 0.2) is 5.69 Å². The number of hydrogen-bond acceptors (Lipinski definition) is 4. The summed E-state index contributed by atoms with van der Waals surface area (Å²) in [4.78, 5) is 12.1. The lowest BCUT2D eigenvalue weighted by molar-refractivity contribution is 0.102. The van der Waals surface area contributed by atoms with Crippen molar-refractivity contribution in [2.75, 3.05) is 17.2 Å². The van der Waals surface area contributed by atoms with Gasteiger partial charge >= 0.3 is 0 Å². The molecule has 0 aliphatic rings. The SMILES string of the molecule is Cc1ccccc1NC(=O)c1ccc(NCCC(C)C)nn1. The van der Waals surface area contributed by atoms with Crippen molar-refractivity contribution < 1.29 is 4.79 Å². The number of hydrogen-bond donors (Lipinski definition) is 2. The zero-order valence-corrected chi connectivity index (χ0v) is 13.3. The average Bonchev–Trinajstić information content (AvgIpc) is 2.50. The topological polar surface area (TPSA) is 66.9 Å². The zero-order valence-electron chi connectivity index (χ0n) is 13.3. The van der Waals surface area contributed by atoms with Crippen LogP contribution >= 0.6 is 0 Å². The number of aromatic nitrogens is 2. The van der Waals surface area contributed by atoms with Gasteiger partial charge in [-0.3, -0.25) is 4.79 Å². The van der Waals surface area contributed by atoms with Crippen molar-refractivity contribution in [3.05, 3.63) is 47.7 Å². The number of aryl methyl sites for hydroxylation is 1. The van der Waals surface area contributed by atoms with Crippen LogP contribution in [0.3, 0.4) is 0 Å². The van der Waals surface area contributed by atoms with E-state index in [-0.39, 0.29) is 5.91 Å². The molecule has 5 heteroatoms. The van der Waals surface area contributed by atoms with E-state index in [1.54, 1.807) is 12.1 Å². The Morgan fingerprint density at radius 1 is 1.14 bits per heavy atom. The number of carbonyl (C=O) groups is 1. The van der Waals surface area contributed by atoms with Crippen LogP contribution in [-0.4, -0.2) is 22.6 Å². The van der Waals surface area contributed by atoms with E-state index in [1.807, 2.05) is 31.2 Å². The molecule has 5 nitrogen and oxygen atoms in total. The molecule has 1 heterocycles. The first-order valence-electron chi connectivity index (χ1n) is 7.51. The van der Waals surface area contributed by atoms with Crippen molar-refractivity contribution in [1.82, 2.24) is 10.2 Å². The summed E-state index contributed by atoms with van der Waals surface area (Å²) >= 11 is 0. The van der Waals surface area contributed by atoms with Crippen LogP contribution in [-0.2, 0) is 0 Å². The lowest BCUT2D eigenvalue weighted by Crippen LogP contribution is -2.15. The normalized spacial score (nSPS) is 10.5. The van der Waals surface area contributed by atoms with Crippen molar-refractivity contribution >= 4 is 17.4 Å². The van der Waals surface area contributed by atoms with Crippen molar-refractivity contribution in [3.8, 4) is 0 Å². The lowest BCUT2D eigenvalue weighted by atomic mass is 10.1. The minimum atomic E-state index is -0.254. The molecule has 0 radical (unpaired) electrons. The molecule has 0 aliphatic carbocycles. The molecule has 0 atom stereocenters. The van der Waals surface area contributed by atoms with Gasteiger partial charge in [-0.25, -0.2) is 0 Å². The number of amides is 1. The van der Waals surface area contributed by atoms with Gasteiger partial charge in [-0.1, -0.05) is 32.0 Å². The van der Waals surface area contributed by atoms with Crippen LogP contribution in [0.25, 0.3) is 0 Å². The van der Waals surface area contributed by atoms with Gasteiger partial charge < -0.3 is 10.6 Å². The molecular formula is C17H22N4O. The summed E-state index contributed by atoms with van der Waals surface area (Å²) in [6.07, 6.45) is 1.07. The van der Waals surface area contributed by atoms with Crippen LogP contribution < -0.4 is 10.6 Å². The lowest BCUT2D eigenvalue weighted by Gasteiger charge is -2.09. The van der Waals surface area contributed by atoms with E-state index in [1.165, 1.54) is 0 Å². The summed E-state index contributed by atoms with van der Waals surface area (Å²) in [7, 11) is 0. The standard InChI is InChI=1S/C17H22N4O/c1-12(2)10-11-18-16-9-8-15(20-21-16)17(22)19-14-7-5-4-6-13(14)3/h4-9,12H,10-11H2,1-3H3,(H,18,21)(H,19,22). The highest BCUT2D eigenvalue weighted by Crippen LogP contribution is 2.14. The summed E-state index contributed by atoms with van der Waals surface area (Å²) in [6.45, 7) is 7.14. The van der Waals surface area contributed by atoms with E-state index >= 15 is 0 Å². The highest BCUT2D eigenvalue weighted by Gasteiger charge is 2.09. The van der Waals surface area contributed by atoms with Gasteiger partial charge in [0, 0.05) is 12.2 Å². The van der Waals surface area contributed by atoms with Crippen molar-refractivity contribution in [1.29, 1.82) is 0 Å². The number of nitrogens with zero attached hydrogens (tertiary/aromatic N) is 2. The van der Waals surface area contributed by atoms with Crippen molar-refractivity contribution in [2.24, 2.45) is 5.92 Å². The number of carbonyl (C=O) groups excluding carboxylic acids is 1. The number of benzene rings is 1. The van der Waals surface area contributed by atoms with Crippen molar-refractivity contribution in [2.45, 2.75) is 27.2 Å². The van der Waals surface area contributed by atoms with Gasteiger partial charge in [-0.15, -0.1) is 10.2 Å². The first-order chi connectivity index (χ1) is 10.6. The van der Waals surface area contributed by atoms with E-state index in [0.717, 1.165) is 24.2 Å². The van der Waals surface area contributed by atoms with Crippen LogP contribution in [0.5, 0.6) is 0 Å². The third-order valence-electron chi connectivity index (χ3n) is 3.32. The smallest absolute Gasteiger partial charge is 0.276 e. The van der Waals surface area contributed by atoms with E-state index in [2.05, 4.69) is 34.7 Å². The Morgan fingerprint density at radius 2 is 1.91 bits per heavy atom. The van der Waals surface area contributed by atoms with E-state index < -0.39 is 0 Å². The maximum atomic E-state index is 12.1. The summed E-state index contributed by atoms with van der Waals surface area (Å²) in [5.41, 5.74) is 2.10. The molecule has 0 unspecified atom stereocenters. The predicted molar refractivity (Wildman–Crippen MR) is 89.1 cm³/mol. The van der Waals surface area contributed by atoms with Gasteiger partial charge in [0.25, 0.3) is 5.91 Å². The van der Waals surface area contributed by atoms with E-state index in [4.69, 9.17) is 0 Å². The Morgan fingerprint density at radius 3 is 2.55 bits per heavy atom. The second-order valence-corrected chi connectivity index (χ2v) is 5.68. The molecule has 2 aromatic rings. The second-order valence-electron chi connectivity index (χ2n) is 5.68. The third kappa shape index (κ3) is 4.55. The number of para-hydroxylation sites is 1. The van der Waals surface area contributed by atoms with E-state index in [9.17, 15) is 4.79 Å². The third-order valence-corrected chi connectivity index (χ3v) is 3.32. The molecule has 2 N–H and O–H groups in total. The van der Waals surface area contributed by atoms with Gasteiger partial charge in [0.1, 0.15) is 5.82 Å². The zero-order chi connectivity index (χ0) is 15.9. The summed E-state index contributed by atoms with van der Waals surface area (Å²) < 4.78 is 0. The molecule has 0 fully saturated rings. The largest absolute Gasteiger partial charge is 0.369 e. The number of nitrogens with one attached hydrogen (secondary N) is 2.